The van der Waals surface area contributed by atoms with E-state index in [1.807, 2.05) is 26.0 Å². The van der Waals surface area contributed by atoms with Crippen LogP contribution in [0.15, 0.2) is 23.0 Å². The van der Waals surface area contributed by atoms with Gasteiger partial charge in [0.25, 0.3) is 5.91 Å². The molecule has 0 saturated carbocycles. The monoisotopic (exact) mass is 246 g/mol. The summed E-state index contributed by atoms with van der Waals surface area (Å²) in [6.07, 6.45) is 1.74. The van der Waals surface area contributed by atoms with Gasteiger partial charge in [-0.1, -0.05) is 11.2 Å². The molecule has 2 aromatic rings. The highest BCUT2D eigenvalue weighted by molar-refractivity contribution is 5.93. The number of nitrogens with zero attached hydrogens (tertiary/aromatic N) is 3. The Balaban J connectivity index is 2.08. The van der Waals surface area contributed by atoms with Gasteiger partial charge in [0.15, 0.2) is 5.69 Å². The molecule has 1 N–H and O–H groups in total. The lowest BCUT2D eigenvalue weighted by molar-refractivity contribution is 0.0929. The molecule has 2 rings (SSSR count). The molecule has 0 bridgehead atoms. The molecular formula is C12H14N4O2. The normalized spacial score (nSPS) is 12.2. The highest BCUT2D eigenvalue weighted by atomic mass is 16.6. The van der Waals surface area contributed by atoms with E-state index < -0.39 is 0 Å². The maximum atomic E-state index is 11.9. The number of rotatable bonds is 3. The first-order chi connectivity index (χ1) is 8.58. The summed E-state index contributed by atoms with van der Waals surface area (Å²) < 4.78 is 4.50. The number of carbonyl (C=O) groups is 1. The summed E-state index contributed by atoms with van der Waals surface area (Å²) in [6, 6.07) is 3.68. The summed E-state index contributed by atoms with van der Waals surface area (Å²) in [5.41, 5.74) is 2.56. The number of nitrogens with one attached hydrogen (secondary N) is 1. The molecule has 2 aromatic heterocycles. The Hall–Kier alpha value is -2.24. The van der Waals surface area contributed by atoms with Gasteiger partial charge in [-0.05, 0) is 37.6 Å². The predicted molar refractivity (Wildman–Crippen MR) is 63.9 cm³/mol. The molecule has 6 heteroatoms. The van der Waals surface area contributed by atoms with Crippen molar-refractivity contribution in [3.63, 3.8) is 0 Å². The van der Waals surface area contributed by atoms with Crippen LogP contribution in [0, 0.1) is 13.8 Å². The maximum Gasteiger partial charge on any atom is 0.275 e. The fourth-order valence-corrected chi connectivity index (χ4v) is 1.52. The number of hydrogen-bond donors (Lipinski definition) is 1. The summed E-state index contributed by atoms with van der Waals surface area (Å²) in [7, 11) is 0. The Kier molecular flexibility index (Phi) is 3.36. The summed E-state index contributed by atoms with van der Waals surface area (Å²) in [6.45, 7) is 5.47. The molecule has 0 fully saturated rings. The van der Waals surface area contributed by atoms with Crippen LogP contribution in [0.2, 0.25) is 0 Å². The minimum atomic E-state index is -0.304. The van der Waals surface area contributed by atoms with Crippen molar-refractivity contribution in [3.8, 4) is 0 Å². The van der Waals surface area contributed by atoms with Gasteiger partial charge in [-0.15, -0.1) is 0 Å². The van der Waals surface area contributed by atoms with E-state index in [1.165, 1.54) is 0 Å². The van der Waals surface area contributed by atoms with Crippen LogP contribution in [0.4, 0.5) is 0 Å². The van der Waals surface area contributed by atoms with Gasteiger partial charge in [-0.3, -0.25) is 9.78 Å². The van der Waals surface area contributed by atoms with E-state index in [0.717, 1.165) is 11.3 Å². The van der Waals surface area contributed by atoms with Crippen LogP contribution >= 0.6 is 0 Å². The van der Waals surface area contributed by atoms with Crippen LogP contribution in [-0.2, 0) is 0 Å². The number of aryl methyl sites for hydroxylation is 2. The molecule has 0 radical (unpaired) electrons. The quantitative estimate of drug-likeness (QED) is 0.889. The van der Waals surface area contributed by atoms with Crippen LogP contribution in [0.1, 0.15) is 40.4 Å². The second-order valence-corrected chi connectivity index (χ2v) is 4.13. The Morgan fingerprint density at radius 2 is 2.11 bits per heavy atom. The predicted octanol–water partition coefficient (Wildman–Crippen LogP) is 1.57. The van der Waals surface area contributed by atoms with E-state index in [0.29, 0.717) is 5.69 Å². The number of amides is 1. The van der Waals surface area contributed by atoms with Gasteiger partial charge in [0, 0.05) is 11.9 Å². The van der Waals surface area contributed by atoms with Gasteiger partial charge in [0.05, 0.1) is 6.04 Å². The van der Waals surface area contributed by atoms with Gasteiger partial charge < -0.3 is 5.32 Å². The number of carbonyl (C=O) groups excluding carboxylic acids is 1. The first-order valence-electron chi connectivity index (χ1n) is 5.60. The maximum absolute atomic E-state index is 11.9. The lowest BCUT2D eigenvalue weighted by Gasteiger charge is -2.12. The minimum absolute atomic E-state index is 0.151. The molecule has 1 unspecified atom stereocenters. The van der Waals surface area contributed by atoms with Gasteiger partial charge >= 0.3 is 0 Å². The zero-order valence-electron chi connectivity index (χ0n) is 10.5. The molecule has 6 nitrogen and oxygen atoms in total. The molecule has 0 aliphatic carbocycles. The van der Waals surface area contributed by atoms with Crippen molar-refractivity contribution in [2.45, 2.75) is 26.8 Å². The first kappa shape index (κ1) is 12.2. The van der Waals surface area contributed by atoms with Crippen LogP contribution in [0.5, 0.6) is 0 Å². The van der Waals surface area contributed by atoms with Crippen LogP contribution < -0.4 is 5.32 Å². The summed E-state index contributed by atoms with van der Waals surface area (Å²) in [4.78, 5) is 16.1. The topological polar surface area (TPSA) is 80.9 Å². The molecule has 0 aromatic carbocycles. The highest BCUT2D eigenvalue weighted by Gasteiger charge is 2.17. The van der Waals surface area contributed by atoms with Crippen molar-refractivity contribution in [3.05, 3.63) is 41.0 Å². The van der Waals surface area contributed by atoms with E-state index in [9.17, 15) is 4.79 Å². The molecule has 0 saturated heterocycles. The molecule has 18 heavy (non-hydrogen) atoms. The highest BCUT2D eigenvalue weighted by Crippen LogP contribution is 2.12. The van der Waals surface area contributed by atoms with Crippen molar-refractivity contribution >= 4 is 5.91 Å². The zero-order chi connectivity index (χ0) is 13.1. The van der Waals surface area contributed by atoms with Gasteiger partial charge in [0.1, 0.15) is 5.69 Å². The minimum Gasteiger partial charge on any atom is -0.344 e. The summed E-state index contributed by atoms with van der Waals surface area (Å²) in [5, 5.41) is 9.95. The fraction of sp³-hybridized carbons (Fsp3) is 0.333. The van der Waals surface area contributed by atoms with E-state index >= 15 is 0 Å². The second-order valence-electron chi connectivity index (χ2n) is 4.13. The second kappa shape index (κ2) is 4.95. The van der Waals surface area contributed by atoms with E-state index in [-0.39, 0.29) is 17.6 Å². The summed E-state index contributed by atoms with van der Waals surface area (Å²) in [5.74, 6) is -0.304. The van der Waals surface area contributed by atoms with Crippen molar-refractivity contribution in [1.82, 2.24) is 20.6 Å². The zero-order valence-corrected chi connectivity index (χ0v) is 10.5. The van der Waals surface area contributed by atoms with Crippen LogP contribution in [-0.4, -0.2) is 21.2 Å². The summed E-state index contributed by atoms with van der Waals surface area (Å²) >= 11 is 0. The Bertz CT molecular complexity index is 547. The molecule has 2 heterocycles. The third-order valence-electron chi connectivity index (χ3n) is 2.65. The molecule has 1 amide bonds. The number of aromatic nitrogens is 3. The molecule has 0 aliphatic rings. The lowest BCUT2D eigenvalue weighted by atomic mass is 10.1. The van der Waals surface area contributed by atoms with Gasteiger partial charge in [-0.25, -0.2) is 4.63 Å². The molecular weight excluding hydrogens is 232 g/mol. The third kappa shape index (κ3) is 2.53. The Labute approximate surface area is 104 Å². The van der Waals surface area contributed by atoms with Gasteiger partial charge in [0.2, 0.25) is 0 Å². The van der Waals surface area contributed by atoms with E-state index in [1.54, 1.807) is 13.1 Å². The SMILES string of the molecule is Cc1ccc(C(C)NC(=O)c2nonc2C)cn1. The largest absolute Gasteiger partial charge is 0.344 e. The molecule has 0 aliphatic heterocycles. The average Bonchev–Trinajstić information content (AvgIpc) is 2.76. The third-order valence-corrected chi connectivity index (χ3v) is 2.65. The molecule has 0 spiro atoms. The smallest absolute Gasteiger partial charge is 0.275 e. The van der Waals surface area contributed by atoms with Crippen molar-refractivity contribution in [2.24, 2.45) is 0 Å². The number of pyridine rings is 1. The van der Waals surface area contributed by atoms with Crippen molar-refractivity contribution < 1.29 is 9.42 Å². The number of hydrogen-bond acceptors (Lipinski definition) is 5. The van der Waals surface area contributed by atoms with Crippen LogP contribution in [0.25, 0.3) is 0 Å². The van der Waals surface area contributed by atoms with Crippen molar-refractivity contribution in [2.75, 3.05) is 0 Å². The van der Waals surface area contributed by atoms with Crippen LogP contribution in [0.3, 0.4) is 0 Å². The van der Waals surface area contributed by atoms with E-state index in [2.05, 4.69) is 25.2 Å². The van der Waals surface area contributed by atoms with Gasteiger partial charge in [-0.2, -0.15) is 0 Å². The Morgan fingerprint density at radius 1 is 1.33 bits per heavy atom. The van der Waals surface area contributed by atoms with E-state index in [4.69, 9.17) is 0 Å². The standard InChI is InChI=1S/C12H14N4O2/c1-7-4-5-10(6-13-7)8(2)14-12(17)11-9(3)15-18-16-11/h4-6,8H,1-3H3,(H,14,17). The van der Waals surface area contributed by atoms with Crippen molar-refractivity contribution in [1.29, 1.82) is 0 Å². The lowest BCUT2D eigenvalue weighted by Crippen LogP contribution is -2.27. The molecule has 1 atom stereocenters. The molecule has 94 valence electrons. The average molecular weight is 246 g/mol. The Morgan fingerprint density at radius 3 is 2.67 bits per heavy atom. The first-order valence-corrected chi connectivity index (χ1v) is 5.60. The fourth-order valence-electron chi connectivity index (χ4n) is 1.52.